The third kappa shape index (κ3) is 3.81. The molecule has 4 heteroatoms. The topological polar surface area (TPSA) is 55.2 Å². The molecule has 0 amide bonds. The van der Waals surface area contributed by atoms with E-state index in [1.165, 1.54) is 25.7 Å². The van der Waals surface area contributed by atoms with Crippen LogP contribution in [0, 0.1) is 17.0 Å². The molecule has 1 N–H and O–H groups in total. The van der Waals surface area contributed by atoms with Gasteiger partial charge in [0.15, 0.2) is 0 Å². The Balaban J connectivity index is 1.89. The fourth-order valence-electron chi connectivity index (χ4n) is 2.45. The number of nitrogens with one attached hydrogen (secondary N) is 1. The second kappa shape index (κ2) is 6.36. The summed E-state index contributed by atoms with van der Waals surface area (Å²) in [5, 5.41) is 14.0. The Morgan fingerprint density at radius 1 is 1.37 bits per heavy atom. The van der Waals surface area contributed by atoms with Crippen molar-refractivity contribution >= 4 is 11.4 Å². The highest BCUT2D eigenvalue weighted by atomic mass is 16.6. The van der Waals surface area contributed by atoms with E-state index in [1.54, 1.807) is 23.8 Å². The zero-order chi connectivity index (χ0) is 13.7. The Bertz CT molecular complexity index is 495. The molecule has 0 heterocycles. The quantitative estimate of drug-likeness (QED) is 0.490. The normalized spacial score (nSPS) is 14.9. The number of non-ortho nitro benzene ring substituents is 1. The van der Waals surface area contributed by atoms with Crippen molar-refractivity contribution in [1.29, 1.82) is 0 Å². The summed E-state index contributed by atoms with van der Waals surface area (Å²) in [7, 11) is 0. The summed E-state index contributed by atoms with van der Waals surface area (Å²) >= 11 is 0. The van der Waals surface area contributed by atoms with Gasteiger partial charge in [-0.1, -0.05) is 11.6 Å². The van der Waals surface area contributed by atoms with Gasteiger partial charge in [-0.3, -0.25) is 10.1 Å². The lowest BCUT2D eigenvalue weighted by Crippen LogP contribution is -2.05. The largest absolute Gasteiger partial charge is 0.385 e. The molecule has 1 aromatic rings. The van der Waals surface area contributed by atoms with Gasteiger partial charge in [0, 0.05) is 24.4 Å². The summed E-state index contributed by atoms with van der Waals surface area (Å²) in [6, 6.07) is 4.96. The van der Waals surface area contributed by atoms with Gasteiger partial charge in [0.1, 0.15) is 0 Å². The molecule has 0 unspecified atom stereocenters. The number of rotatable bonds is 5. The Morgan fingerprint density at radius 3 is 2.84 bits per heavy atom. The number of anilines is 1. The predicted molar refractivity (Wildman–Crippen MR) is 77.5 cm³/mol. The molecule has 0 fully saturated rings. The van der Waals surface area contributed by atoms with Gasteiger partial charge in [0.05, 0.1) is 4.92 Å². The molecule has 0 atom stereocenters. The van der Waals surface area contributed by atoms with Crippen LogP contribution in [0.4, 0.5) is 11.4 Å². The van der Waals surface area contributed by atoms with Crippen LogP contribution in [0.5, 0.6) is 0 Å². The maximum atomic E-state index is 10.7. The van der Waals surface area contributed by atoms with Crippen molar-refractivity contribution < 1.29 is 4.92 Å². The summed E-state index contributed by atoms with van der Waals surface area (Å²) in [5.74, 6) is 0. The van der Waals surface area contributed by atoms with Crippen LogP contribution in [0.25, 0.3) is 0 Å². The Morgan fingerprint density at radius 2 is 2.21 bits per heavy atom. The first-order valence-electron chi connectivity index (χ1n) is 6.83. The van der Waals surface area contributed by atoms with Crippen LogP contribution in [0.15, 0.2) is 29.8 Å². The number of hydrogen-bond donors (Lipinski definition) is 1. The van der Waals surface area contributed by atoms with Gasteiger partial charge in [-0.25, -0.2) is 0 Å². The van der Waals surface area contributed by atoms with Gasteiger partial charge in [-0.05, 0) is 50.7 Å². The Labute approximate surface area is 113 Å². The van der Waals surface area contributed by atoms with Crippen LogP contribution in [0.2, 0.25) is 0 Å². The molecule has 0 aliphatic heterocycles. The van der Waals surface area contributed by atoms with E-state index in [-0.39, 0.29) is 10.6 Å². The summed E-state index contributed by atoms with van der Waals surface area (Å²) in [6.45, 7) is 2.79. The first kappa shape index (κ1) is 13.6. The standard InChI is InChI=1S/C15H20N2O2/c1-12-11-14(17(18)19)7-8-15(12)16-10-9-13-5-3-2-4-6-13/h5,7-8,11,16H,2-4,6,9-10H2,1H3. The number of hydrogen-bond acceptors (Lipinski definition) is 3. The maximum Gasteiger partial charge on any atom is 0.269 e. The zero-order valence-corrected chi connectivity index (χ0v) is 11.3. The van der Waals surface area contributed by atoms with E-state index in [0.717, 1.165) is 24.2 Å². The molecule has 102 valence electrons. The molecule has 0 saturated carbocycles. The highest BCUT2D eigenvalue weighted by Gasteiger charge is 2.08. The lowest BCUT2D eigenvalue weighted by Gasteiger charge is -2.14. The molecule has 1 aliphatic rings. The lowest BCUT2D eigenvalue weighted by atomic mass is 9.97. The SMILES string of the molecule is Cc1cc([N+](=O)[O-])ccc1NCCC1=CCCCC1. The fourth-order valence-corrected chi connectivity index (χ4v) is 2.45. The summed E-state index contributed by atoms with van der Waals surface area (Å²) in [4.78, 5) is 10.3. The minimum Gasteiger partial charge on any atom is -0.385 e. The molecule has 0 aromatic heterocycles. The smallest absolute Gasteiger partial charge is 0.269 e. The van der Waals surface area contributed by atoms with Crippen LogP contribution < -0.4 is 5.32 Å². The van der Waals surface area contributed by atoms with E-state index in [2.05, 4.69) is 11.4 Å². The molecular formula is C15H20N2O2. The van der Waals surface area contributed by atoms with Crippen LogP contribution >= 0.6 is 0 Å². The second-order valence-corrected chi connectivity index (χ2v) is 5.04. The molecule has 0 radical (unpaired) electrons. The van der Waals surface area contributed by atoms with Crippen molar-refractivity contribution in [2.24, 2.45) is 0 Å². The lowest BCUT2D eigenvalue weighted by molar-refractivity contribution is -0.384. The van der Waals surface area contributed by atoms with Crippen LogP contribution in [0.3, 0.4) is 0 Å². The van der Waals surface area contributed by atoms with Gasteiger partial charge in [0.2, 0.25) is 0 Å². The molecule has 0 spiro atoms. The number of nitro groups is 1. The number of benzene rings is 1. The van der Waals surface area contributed by atoms with E-state index in [9.17, 15) is 10.1 Å². The molecule has 2 rings (SSSR count). The summed E-state index contributed by atoms with van der Waals surface area (Å²) in [5.41, 5.74) is 3.60. The first-order valence-corrected chi connectivity index (χ1v) is 6.83. The van der Waals surface area contributed by atoms with Gasteiger partial charge in [-0.15, -0.1) is 0 Å². The molecule has 19 heavy (non-hydrogen) atoms. The molecule has 4 nitrogen and oxygen atoms in total. The molecule has 1 aromatic carbocycles. The van der Waals surface area contributed by atoms with E-state index < -0.39 is 0 Å². The summed E-state index contributed by atoms with van der Waals surface area (Å²) in [6.07, 6.45) is 8.48. The number of nitrogens with zero attached hydrogens (tertiary/aromatic N) is 1. The van der Waals surface area contributed by atoms with Crippen molar-refractivity contribution in [3.05, 3.63) is 45.5 Å². The minimum absolute atomic E-state index is 0.151. The van der Waals surface area contributed by atoms with Gasteiger partial charge in [0.25, 0.3) is 5.69 Å². The van der Waals surface area contributed by atoms with Crippen molar-refractivity contribution in [3.8, 4) is 0 Å². The van der Waals surface area contributed by atoms with Crippen molar-refractivity contribution in [3.63, 3.8) is 0 Å². The monoisotopic (exact) mass is 260 g/mol. The average molecular weight is 260 g/mol. The van der Waals surface area contributed by atoms with Gasteiger partial charge < -0.3 is 5.32 Å². The van der Waals surface area contributed by atoms with E-state index in [0.29, 0.717) is 0 Å². The van der Waals surface area contributed by atoms with E-state index in [4.69, 9.17) is 0 Å². The highest BCUT2D eigenvalue weighted by molar-refractivity contribution is 5.55. The summed E-state index contributed by atoms with van der Waals surface area (Å²) < 4.78 is 0. The second-order valence-electron chi connectivity index (χ2n) is 5.04. The number of allylic oxidation sites excluding steroid dienone is 1. The number of aryl methyl sites for hydroxylation is 1. The third-order valence-electron chi connectivity index (χ3n) is 3.57. The number of nitro benzene ring substituents is 1. The molecular weight excluding hydrogens is 240 g/mol. The molecule has 1 aliphatic carbocycles. The molecule has 0 saturated heterocycles. The van der Waals surface area contributed by atoms with Gasteiger partial charge in [-0.2, -0.15) is 0 Å². The van der Waals surface area contributed by atoms with Crippen molar-refractivity contribution in [2.75, 3.05) is 11.9 Å². The first-order chi connectivity index (χ1) is 9.16. The van der Waals surface area contributed by atoms with Crippen LogP contribution in [-0.2, 0) is 0 Å². The average Bonchev–Trinajstić information content (AvgIpc) is 2.41. The minimum atomic E-state index is -0.358. The van der Waals surface area contributed by atoms with Gasteiger partial charge >= 0.3 is 0 Å². The highest BCUT2D eigenvalue weighted by Crippen LogP contribution is 2.23. The van der Waals surface area contributed by atoms with E-state index in [1.807, 2.05) is 6.92 Å². The maximum absolute atomic E-state index is 10.7. The Hall–Kier alpha value is -1.84. The fraction of sp³-hybridized carbons (Fsp3) is 0.467. The van der Waals surface area contributed by atoms with Crippen molar-refractivity contribution in [2.45, 2.75) is 39.0 Å². The zero-order valence-electron chi connectivity index (χ0n) is 11.3. The molecule has 0 bridgehead atoms. The predicted octanol–water partition coefficient (Wildman–Crippen LogP) is 4.21. The Kier molecular flexibility index (Phi) is 4.55. The van der Waals surface area contributed by atoms with Crippen molar-refractivity contribution in [1.82, 2.24) is 0 Å². The third-order valence-corrected chi connectivity index (χ3v) is 3.57. The van der Waals surface area contributed by atoms with Crippen LogP contribution in [0.1, 0.15) is 37.7 Å². The van der Waals surface area contributed by atoms with E-state index >= 15 is 0 Å². The van der Waals surface area contributed by atoms with Crippen LogP contribution in [-0.4, -0.2) is 11.5 Å².